The van der Waals surface area contributed by atoms with Gasteiger partial charge in [0, 0.05) is 19.6 Å². The number of benzene rings is 2. The Morgan fingerprint density at radius 3 is 1.07 bits per heavy atom. The third-order valence-electron chi connectivity index (χ3n) is 7.52. The highest BCUT2D eigenvalue weighted by molar-refractivity contribution is 8.20. The maximum absolute atomic E-state index is 2.35. The molecule has 28 heavy (non-hydrogen) atoms. The van der Waals surface area contributed by atoms with E-state index < -0.39 is 0 Å². The van der Waals surface area contributed by atoms with Crippen LogP contribution in [0.5, 0.6) is 0 Å². The van der Waals surface area contributed by atoms with Crippen LogP contribution in [0.2, 0.25) is 0 Å². The van der Waals surface area contributed by atoms with Gasteiger partial charge in [0.15, 0.2) is 0 Å². The monoisotopic (exact) mass is 442 g/mol. The second kappa shape index (κ2) is 7.21. The van der Waals surface area contributed by atoms with Gasteiger partial charge in [-0.25, -0.2) is 0 Å². The van der Waals surface area contributed by atoms with Crippen molar-refractivity contribution >= 4 is 47.0 Å². The summed E-state index contributed by atoms with van der Waals surface area (Å²) in [7, 11) is 0. The summed E-state index contributed by atoms with van der Waals surface area (Å²) < 4.78 is 1.41. The van der Waals surface area contributed by atoms with Gasteiger partial charge < -0.3 is 0 Å². The molecule has 0 saturated heterocycles. The Morgan fingerprint density at radius 1 is 0.500 bits per heavy atom. The first kappa shape index (κ1) is 18.6. The minimum absolute atomic E-state index is 0.491. The van der Waals surface area contributed by atoms with Gasteiger partial charge in [0.1, 0.15) is 0 Å². The van der Waals surface area contributed by atoms with E-state index in [9.17, 15) is 0 Å². The smallest absolute Gasteiger partial charge is 0.0659 e. The largest absolute Gasteiger partial charge is 0.110 e. The molecule has 0 amide bonds. The Kier molecular flexibility index (Phi) is 4.79. The minimum Gasteiger partial charge on any atom is -0.110 e. The van der Waals surface area contributed by atoms with Crippen LogP contribution in [-0.2, 0) is 0 Å². The highest BCUT2D eigenvalue weighted by Gasteiger charge is 2.62. The summed E-state index contributed by atoms with van der Waals surface area (Å²) in [6, 6.07) is 18.3. The third kappa shape index (κ3) is 2.70. The van der Waals surface area contributed by atoms with Gasteiger partial charge in [-0.2, -0.15) is 0 Å². The van der Waals surface area contributed by atoms with Crippen molar-refractivity contribution in [1.82, 2.24) is 0 Å². The highest BCUT2D eigenvalue weighted by Crippen LogP contribution is 2.74. The van der Waals surface area contributed by atoms with Crippen LogP contribution in [0.4, 0.5) is 0 Å². The van der Waals surface area contributed by atoms with E-state index in [0.717, 1.165) is 0 Å². The molecule has 4 heteroatoms. The van der Waals surface area contributed by atoms with Crippen LogP contribution in [0, 0.1) is 10.8 Å². The quantitative estimate of drug-likeness (QED) is 0.456. The maximum atomic E-state index is 2.35. The lowest BCUT2D eigenvalue weighted by Crippen LogP contribution is -2.55. The van der Waals surface area contributed by atoms with Gasteiger partial charge in [-0.3, -0.25) is 0 Å². The molecule has 2 aliphatic heterocycles. The van der Waals surface area contributed by atoms with Crippen LogP contribution in [-0.4, -0.2) is 9.16 Å². The summed E-state index contributed by atoms with van der Waals surface area (Å²) in [5.41, 5.74) is 0.981. The molecule has 0 bridgehead atoms. The lowest BCUT2D eigenvalue weighted by Gasteiger charge is -2.61. The van der Waals surface area contributed by atoms with Crippen molar-refractivity contribution in [2.45, 2.75) is 80.1 Å². The molecular weight excluding hydrogens is 417 g/mol. The molecule has 146 valence electrons. The van der Waals surface area contributed by atoms with E-state index in [-0.39, 0.29) is 0 Å². The average Bonchev–Trinajstić information content (AvgIpc) is 3.38. The lowest BCUT2D eigenvalue weighted by molar-refractivity contribution is -0.0297. The fraction of sp³-hybridized carbons (Fsp3) is 0.500. The van der Waals surface area contributed by atoms with Gasteiger partial charge in [-0.05, 0) is 60.8 Å². The average molecular weight is 443 g/mol. The number of thioether (sulfide) groups is 4. The predicted octanol–water partition coefficient (Wildman–Crippen LogP) is 8.56. The molecule has 0 spiro atoms. The Balaban J connectivity index is 1.40. The van der Waals surface area contributed by atoms with Crippen molar-refractivity contribution in [3.8, 4) is 0 Å². The zero-order valence-corrected chi connectivity index (χ0v) is 19.3. The Labute approximate surface area is 185 Å². The molecule has 2 aliphatic carbocycles. The van der Waals surface area contributed by atoms with Crippen LogP contribution in [0.25, 0.3) is 0 Å². The van der Waals surface area contributed by atoms with E-state index in [1.165, 1.54) is 70.9 Å². The SMILES string of the molecule is c1ccc2c(c1)SC(C13CCCCC1(C1Sc4ccccc4S1)CCCC3)S2. The summed E-state index contributed by atoms with van der Waals surface area (Å²) in [6.45, 7) is 0. The van der Waals surface area contributed by atoms with Crippen molar-refractivity contribution in [1.29, 1.82) is 0 Å². The molecule has 0 N–H and O–H groups in total. The zero-order chi connectivity index (χ0) is 18.6. The van der Waals surface area contributed by atoms with Crippen molar-refractivity contribution < 1.29 is 0 Å². The Morgan fingerprint density at radius 2 is 0.786 bits per heavy atom. The molecule has 2 saturated carbocycles. The van der Waals surface area contributed by atoms with Gasteiger partial charge >= 0.3 is 0 Å². The van der Waals surface area contributed by atoms with Crippen LogP contribution in [0.15, 0.2) is 68.1 Å². The van der Waals surface area contributed by atoms with E-state index in [1.807, 2.05) is 0 Å². The van der Waals surface area contributed by atoms with Gasteiger partial charge in [0.25, 0.3) is 0 Å². The van der Waals surface area contributed by atoms with Crippen LogP contribution in [0.3, 0.4) is 0 Å². The number of rotatable bonds is 2. The predicted molar refractivity (Wildman–Crippen MR) is 126 cm³/mol. The maximum Gasteiger partial charge on any atom is 0.0659 e. The summed E-state index contributed by atoms with van der Waals surface area (Å²) in [6.07, 6.45) is 11.5. The zero-order valence-electron chi connectivity index (χ0n) is 16.1. The number of hydrogen-bond acceptors (Lipinski definition) is 4. The van der Waals surface area contributed by atoms with Crippen molar-refractivity contribution in [2.75, 3.05) is 0 Å². The second-order valence-corrected chi connectivity index (χ2v) is 13.9. The van der Waals surface area contributed by atoms with Gasteiger partial charge in [0.05, 0.1) is 9.16 Å². The van der Waals surface area contributed by atoms with E-state index in [0.29, 0.717) is 20.0 Å². The Bertz CT molecular complexity index is 756. The van der Waals surface area contributed by atoms with Gasteiger partial charge in [-0.15, -0.1) is 47.0 Å². The topological polar surface area (TPSA) is 0 Å². The summed E-state index contributed by atoms with van der Waals surface area (Å²) in [5.74, 6) is 0. The van der Waals surface area contributed by atoms with E-state index in [2.05, 4.69) is 95.6 Å². The third-order valence-corrected chi connectivity index (χ3v) is 14.0. The molecule has 0 aromatic heterocycles. The van der Waals surface area contributed by atoms with E-state index >= 15 is 0 Å². The minimum atomic E-state index is 0.491. The number of fused-ring (bicyclic) bond motifs is 3. The highest BCUT2D eigenvalue weighted by atomic mass is 32.2. The molecular formula is C24H26S4. The molecule has 0 atom stereocenters. The molecule has 0 unspecified atom stereocenters. The molecule has 2 aromatic carbocycles. The summed E-state index contributed by atoms with van der Waals surface area (Å²) in [4.78, 5) is 6.14. The second-order valence-electron chi connectivity index (χ2n) is 8.76. The lowest BCUT2D eigenvalue weighted by atomic mass is 9.51. The fourth-order valence-electron chi connectivity index (χ4n) is 6.20. The van der Waals surface area contributed by atoms with Crippen molar-refractivity contribution in [3.05, 3.63) is 48.5 Å². The van der Waals surface area contributed by atoms with Crippen molar-refractivity contribution in [3.63, 3.8) is 0 Å². The number of hydrogen-bond donors (Lipinski definition) is 0. The van der Waals surface area contributed by atoms with Crippen LogP contribution < -0.4 is 0 Å². The first-order chi connectivity index (χ1) is 13.8. The Hall–Kier alpha value is -0.160. The molecule has 0 radical (unpaired) electrons. The van der Waals surface area contributed by atoms with E-state index in [4.69, 9.17) is 0 Å². The van der Waals surface area contributed by atoms with Crippen molar-refractivity contribution in [2.24, 2.45) is 10.8 Å². The van der Waals surface area contributed by atoms with Crippen LogP contribution >= 0.6 is 47.0 Å². The first-order valence-corrected chi connectivity index (χ1v) is 14.2. The molecule has 2 aromatic rings. The molecule has 0 nitrogen and oxygen atoms in total. The van der Waals surface area contributed by atoms with Crippen LogP contribution in [0.1, 0.15) is 51.4 Å². The van der Waals surface area contributed by atoms with Gasteiger partial charge in [0.2, 0.25) is 0 Å². The summed E-state index contributed by atoms with van der Waals surface area (Å²) in [5, 5.41) is 0. The van der Waals surface area contributed by atoms with Gasteiger partial charge in [-0.1, -0.05) is 49.9 Å². The first-order valence-electron chi connectivity index (χ1n) is 10.7. The normalized spacial score (nSPS) is 32.7. The molecule has 6 rings (SSSR count). The molecule has 2 heterocycles. The summed E-state index contributed by atoms with van der Waals surface area (Å²) >= 11 is 8.82. The van der Waals surface area contributed by atoms with E-state index in [1.54, 1.807) is 0 Å². The fourth-order valence-corrected chi connectivity index (χ4v) is 13.5. The molecule has 4 aliphatic rings. The standard InChI is InChI=1S/C24H26S4/c1-2-10-18-17(9-1)25-21(26-18)23-13-5-7-15-24(23,16-8-6-14-23)22-27-19-11-3-4-12-20(19)28-22/h1-4,9-12,21-22H,5-8,13-16H2. The molecule has 2 fully saturated rings.